The molecule has 0 bridgehead atoms. The molecule has 1 amide bonds. The van der Waals surface area contributed by atoms with Gasteiger partial charge >= 0.3 is 0 Å². The summed E-state index contributed by atoms with van der Waals surface area (Å²) in [6.07, 6.45) is 11.0. The highest BCUT2D eigenvalue weighted by Crippen LogP contribution is 2.38. The molecule has 2 atom stereocenters. The van der Waals surface area contributed by atoms with Crippen LogP contribution in [0.3, 0.4) is 0 Å². The summed E-state index contributed by atoms with van der Waals surface area (Å²) in [5.74, 6) is 0.164. The molecule has 29 heavy (non-hydrogen) atoms. The molecule has 6 heteroatoms. The molecule has 0 N–H and O–H groups in total. The van der Waals surface area contributed by atoms with Crippen molar-refractivity contribution in [1.29, 1.82) is 0 Å². The predicted molar refractivity (Wildman–Crippen MR) is 113 cm³/mol. The molecule has 2 aromatic rings. The number of unbranched alkanes of at least 4 members (excludes halogenated alkanes) is 1. The number of methoxy groups -OCH3 is 1. The van der Waals surface area contributed by atoms with Crippen LogP contribution in [0.1, 0.15) is 63.5 Å². The van der Waals surface area contributed by atoms with Crippen LogP contribution < -0.4 is 0 Å². The van der Waals surface area contributed by atoms with Crippen molar-refractivity contribution < 1.29 is 14.3 Å². The molecule has 1 aliphatic heterocycles. The molecule has 1 unspecified atom stereocenters. The molecule has 0 radical (unpaired) electrons. The van der Waals surface area contributed by atoms with Crippen molar-refractivity contribution in [2.75, 3.05) is 20.3 Å². The Morgan fingerprint density at radius 1 is 1.34 bits per heavy atom. The van der Waals surface area contributed by atoms with Crippen LogP contribution >= 0.6 is 0 Å². The standard InChI is InChI=1S/C23H33N3O3/c1-17(26(18-10-11-18)23(27)21-9-3-5-15-29-21)19-16-25(13-4-6-14-28-2)20-8-7-12-24-22(19)20/h7-8,12,16-18,21H,3-6,9-11,13-15H2,1-2H3/t17?,21-/m1/s1. The Morgan fingerprint density at radius 2 is 2.21 bits per heavy atom. The molecule has 0 aromatic carbocycles. The van der Waals surface area contributed by atoms with Gasteiger partial charge in [-0.05, 0) is 64.0 Å². The first-order chi connectivity index (χ1) is 14.2. The van der Waals surface area contributed by atoms with Gasteiger partial charge in [-0.3, -0.25) is 9.78 Å². The molecular formula is C23H33N3O3. The maximum Gasteiger partial charge on any atom is 0.252 e. The number of ether oxygens (including phenoxy) is 2. The molecule has 6 nitrogen and oxygen atoms in total. The summed E-state index contributed by atoms with van der Waals surface area (Å²) in [5.41, 5.74) is 3.29. The number of pyridine rings is 1. The zero-order valence-corrected chi connectivity index (χ0v) is 17.7. The average molecular weight is 400 g/mol. The van der Waals surface area contributed by atoms with Crippen LogP contribution in [0.4, 0.5) is 0 Å². The van der Waals surface area contributed by atoms with Gasteiger partial charge in [-0.2, -0.15) is 0 Å². The minimum absolute atomic E-state index is 0.00171. The van der Waals surface area contributed by atoms with Gasteiger partial charge in [0.2, 0.25) is 0 Å². The number of aromatic nitrogens is 2. The highest BCUT2D eigenvalue weighted by molar-refractivity contribution is 5.84. The van der Waals surface area contributed by atoms with Crippen LogP contribution in [0.25, 0.3) is 11.0 Å². The Hall–Kier alpha value is -1.92. The summed E-state index contributed by atoms with van der Waals surface area (Å²) in [4.78, 5) is 20.1. The lowest BCUT2D eigenvalue weighted by molar-refractivity contribution is -0.149. The SMILES string of the molecule is COCCCCn1cc(C(C)N(C(=O)[C@H]2CCCCO2)C2CC2)c2ncccc21. The van der Waals surface area contributed by atoms with Crippen LogP contribution in [-0.2, 0) is 20.8 Å². The number of rotatable bonds is 9. The summed E-state index contributed by atoms with van der Waals surface area (Å²) in [6, 6.07) is 4.45. The number of fused-ring (bicyclic) bond motifs is 1. The van der Waals surface area contributed by atoms with E-state index in [1.807, 2.05) is 12.3 Å². The lowest BCUT2D eigenvalue weighted by Gasteiger charge is -2.33. The van der Waals surface area contributed by atoms with E-state index in [1.54, 1.807) is 7.11 Å². The Bertz CT molecular complexity index is 824. The molecule has 2 aliphatic rings. The van der Waals surface area contributed by atoms with Gasteiger partial charge in [0.25, 0.3) is 5.91 Å². The third kappa shape index (κ3) is 4.48. The van der Waals surface area contributed by atoms with E-state index < -0.39 is 0 Å². The predicted octanol–water partition coefficient (Wildman–Crippen LogP) is 4.08. The third-order valence-corrected chi connectivity index (χ3v) is 6.18. The fourth-order valence-electron chi connectivity index (χ4n) is 4.46. The first kappa shape index (κ1) is 20.4. The van der Waals surface area contributed by atoms with Gasteiger partial charge in [0.1, 0.15) is 6.10 Å². The number of nitrogens with zero attached hydrogens (tertiary/aromatic N) is 3. The highest BCUT2D eigenvalue weighted by Gasteiger charge is 2.40. The van der Waals surface area contributed by atoms with Crippen LogP contribution in [0.15, 0.2) is 24.5 Å². The zero-order valence-electron chi connectivity index (χ0n) is 17.7. The molecule has 158 valence electrons. The molecular weight excluding hydrogens is 366 g/mol. The number of aryl methyl sites for hydroxylation is 1. The second kappa shape index (κ2) is 9.26. The average Bonchev–Trinajstić information content (AvgIpc) is 3.52. The molecule has 2 fully saturated rings. The first-order valence-corrected chi connectivity index (χ1v) is 11.1. The van der Waals surface area contributed by atoms with Gasteiger partial charge in [-0.15, -0.1) is 0 Å². The number of hydrogen-bond donors (Lipinski definition) is 0. The van der Waals surface area contributed by atoms with Crippen molar-refractivity contribution in [1.82, 2.24) is 14.5 Å². The second-order valence-corrected chi connectivity index (χ2v) is 8.36. The van der Waals surface area contributed by atoms with E-state index >= 15 is 0 Å². The first-order valence-electron chi connectivity index (χ1n) is 11.1. The van der Waals surface area contributed by atoms with E-state index in [0.29, 0.717) is 12.6 Å². The van der Waals surface area contributed by atoms with Crippen molar-refractivity contribution in [3.05, 3.63) is 30.1 Å². The summed E-state index contributed by atoms with van der Waals surface area (Å²) in [7, 11) is 1.74. The van der Waals surface area contributed by atoms with Crippen molar-refractivity contribution in [2.24, 2.45) is 0 Å². The maximum atomic E-state index is 13.3. The van der Waals surface area contributed by atoms with Crippen molar-refractivity contribution in [2.45, 2.75) is 76.6 Å². The smallest absolute Gasteiger partial charge is 0.252 e. The van der Waals surface area contributed by atoms with Crippen LogP contribution in [0, 0.1) is 0 Å². The third-order valence-electron chi connectivity index (χ3n) is 6.18. The lowest BCUT2D eigenvalue weighted by Crippen LogP contribution is -2.44. The van der Waals surface area contributed by atoms with Crippen molar-refractivity contribution in [3.8, 4) is 0 Å². The minimum atomic E-state index is -0.276. The molecule has 0 spiro atoms. The van der Waals surface area contributed by atoms with Crippen LogP contribution in [-0.4, -0.2) is 52.8 Å². The van der Waals surface area contributed by atoms with Gasteiger partial charge in [-0.1, -0.05) is 0 Å². The normalized spacial score (nSPS) is 20.7. The van der Waals surface area contributed by atoms with Crippen molar-refractivity contribution >= 4 is 16.9 Å². The largest absolute Gasteiger partial charge is 0.385 e. The number of hydrogen-bond acceptors (Lipinski definition) is 4. The van der Waals surface area contributed by atoms with Gasteiger partial charge in [-0.25, -0.2) is 0 Å². The molecule has 2 aromatic heterocycles. The van der Waals surface area contributed by atoms with E-state index in [4.69, 9.17) is 9.47 Å². The minimum Gasteiger partial charge on any atom is -0.385 e. The van der Waals surface area contributed by atoms with Gasteiger partial charge in [0.05, 0.1) is 17.1 Å². The molecule has 1 saturated carbocycles. The van der Waals surface area contributed by atoms with E-state index in [1.165, 1.54) is 0 Å². The van der Waals surface area contributed by atoms with E-state index in [2.05, 4.69) is 33.6 Å². The molecule has 1 aliphatic carbocycles. The Kier molecular flexibility index (Phi) is 6.50. The van der Waals surface area contributed by atoms with Gasteiger partial charge < -0.3 is 18.9 Å². The maximum absolute atomic E-state index is 13.3. The quantitative estimate of drug-likeness (QED) is 0.596. The summed E-state index contributed by atoms with van der Waals surface area (Å²) >= 11 is 0. The number of amides is 1. The highest BCUT2D eigenvalue weighted by atomic mass is 16.5. The lowest BCUT2D eigenvalue weighted by atomic mass is 10.0. The summed E-state index contributed by atoms with van der Waals surface area (Å²) in [5, 5.41) is 0. The molecule has 1 saturated heterocycles. The molecule has 3 heterocycles. The van der Waals surface area contributed by atoms with Gasteiger partial charge in [0.15, 0.2) is 0 Å². The van der Waals surface area contributed by atoms with E-state index in [0.717, 1.165) is 74.7 Å². The van der Waals surface area contributed by atoms with Crippen LogP contribution in [0.2, 0.25) is 0 Å². The monoisotopic (exact) mass is 399 g/mol. The van der Waals surface area contributed by atoms with E-state index in [-0.39, 0.29) is 18.1 Å². The fraction of sp³-hybridized carbons (Fsp3) is 0.652. The van der Waals surface area contributed by atoms with Gasteiger partial charge in [0, 0.05) is 50.9 Å². The second-order valence-electron chi connectivity index (χ2n) is 8.36. The topological polar surface area (TPSA) is 56.6 Å². The Balaban J connectivity index is 1.59. The summed E-state index contributed by atoms with van der Waals surface area (Å²) in [6.45, 7) is 4.57. The van der Waals surface area contributed by atoms with Crippen molar-refractivity contribution in [3.63, 3.8) is 0 Å². The van der Waals surface area contributed by atoms with Crippen LogP contribution in [0.5, 0.6) is 0 Å². The number of carbonyl (C=O) groups excluding carboxylic acids is 1. The fourth-order valence-corrected chi connectivity index (χ4v) is 4.46. The Labute approximate surface area is 173 Å². The Morgan fingerprint density at radius 3 is 2.93 bits per heavy atom. The molecule has 4 rings (SSSR count). The zero-order chi connectivity index (χ0) is 20.2. The van der Waals surface area contributed by atoms with E-state index in [9.17, 15) is 4.79 Å². The summed E-state index contributed by atoms with van der Waals surface area (Å²) < 4.78 is 13.3. The number of carbonyl (C=O) groups is 1.